The van der Waals surface area contributed by atoms with Gasteiger partial charge in [-0.05, 0) is 26.7 Å². The van der Waals surface area contributed by atoms with Crippen LogP contribution < -0.4 is 5.32 Å². The van der Waals surface area contributed by atoms with Crippen LogP contribution in [0, 0.1) is 6.92 Å². The number of likely N-dealkylation sites (tertiary alicyclic amines) is 1. The molecule has 1 saturated heterocycles. The normalized spacial score (nSPS) is 18.9. The summed E-state index contributed by atoms with van der Waals surface area (Å²) in [4.78, 5) is 14.4. The molecule has 0 aliphatic carbocycles. The first-order chi connectivity index (χ1) is 10.4. The third kappa shape index (κ3) is 4.51. The molecule has 7 nitrogen and oxygen atoms in total. The molecular weight excluding hydrogens is 284 g/mol. The lowest BCUT2D eigenvalue weighted by Gasteiger charge is -2.28. The molecule has 0 saturated carbocycles. The lowest BCUT2D eigenvalue weighted by Crippen LogP contribution is -2.50. The highest BCUT2D eigenvalue weighted by Gasteiger charge is 2.30. The molecule has 7 heteroatoms. The minimum absolute atomic E-state index is 0.114. The van der Waals surface area contributed by atoms with Crippen molar-refractivity contribution in [3.05, 3.63) is 11.8 Å². The molecule has 0 aromatic carbocycles. The Labute approximate surface area is 131 Å². The van der Waals surface area contributed by atoms with Crippen LogP contribution in [-0.2, 0) is 16.0 Å². The van der Waals surface area contributed by atoms with Crippen LogP contribution in [0.2, 0.25) is 0 Å². The van der Waals surface area contributed by atoms with E-state index in [1.165, 1.54) is 0 Å². The maximum atomic E-state index is 12.5. The molecule has 0 bridgehead atoms. The number of carbonyl (C=O) groups excluding carboxylic acids is 1. The molecule has 1 atom stereocenters. The van der Waals surface area contributed by atoms with E-state index in [-0.39, 0.29) is 17.5 Å². The van der Waals surface area contributed by atoms with Crippen molar-refractivity contribution >= 4 is 5.91 Å². The van der Waals surface area contributed by atoms with Gasteiger partial charge in [-0.25, -0.2) is 0 Å². The summed E-state index contributed by atoms with van der Waals surface area (Å²) in [7, 11) is 1.66. The molecule has 1 N–H and O–H groups in total. The van der Waals surface area contributed by atoms with Crippen molar-refractivity contribution < 1.29 is 13.9 Å². The summed E-state index contributed by atoms with van der Waals surface area (Å²) in [6.07, 6.45) is 2.63. The van der Waals surface area contributed by atoms with Gasteiger partial charge in [0, 0.05) is 38.6 Å². The second kappa shape index (κ2) is 7.19. The summed E-state index contributed by atoms with van der Waals surface area (Å²) in [5.74, 6) is 1.28. The first-order valence-corrected chi connectivity index (χ1v) is 7.74. The Morgan fingerprint density at radius 3 is 2.91 bits per heavy atom. The summed E-state index contributed by atoms with van der Waals surface area (Å²) in [5, 5.41) is 11.1. The van der Waals surface area contributed by atoms with Crippen molar-refractivity contribution in [1.29, 1.82) is 0 Å². The summed E-state index contributed by atoms with van der Waals surface area (Å²) in [6, 6.07) is 0.152. The van der Waals surface area contributed by atoms with Crippen molar-refractivity contribution in [2.45, 2.75) is 51.6 Å². The Hall–Kier alpha value is -1.47. The largest absolute Gasteiger partial charge is 0.426 e. The molecule has 0 spiro atoms. The van der Waals surface area contributed by atoms with Gasteiger partial charge in [0.25, 0.3) is 0 Å². The van der Waals surface area contributed by atoms with Crippen LogP contribution in [0.15, 0.2) is 4.42 Å². The van der Waals surface area contributed by atoms with E-state index < -0.39 is 0 Å². The quantitative estimate of drug-likeness (QED) is 0.807. The Morgan fingerprint density at radius 1 is 1.50 bits per heavy atom. The van der Waals surface area contributed by atoms with Crippen molar-refractivity contribution in [3.8, 4) is 0 Å². The molecule has 0 radical (unpaired) electrons. The number of hydrogen-bond donors (Lipinski definition) is 1. The van der Waals surface area contributed by atoms with Crippen LogP contribution in [0.4, 0.5) is 0 Å². The zero-order valence-electron chi connectivity index (χ0n) is 13.9. The second-order valence-electron chi connectivity index (χ2n) is 6.47. The molecule has 22 heavy (non-hydrogen) atoms. The van der Waals surface area contributed by atoms with E-state index in [2.05, 4.69) is 15.5 Å². The van der Waals surface area contributed by atoms with E-state index in [0.29, 0.717) is 31.4 Å². The van der Waals surface area contributed by atoms with E-state index in [1.54, 1.807) is 14.0 Å². The Balaban J connectivity index is 1.88. The fraction of sp³-hybridized carbons (Fsp3) is 0.800. The van der Waals surface area contributed by atoms with Crippen LogP contribution in [0.25, 0.3) is 0 Å². The summed E-state index contributed by atoms with van der Waals surface area (Å²) in [5.41, 5.74) is -0.219. The maximum Gasteiger partial charge on any atom is 0.236 e. The van der Waals surface area contributed by atoms with Gasteiger partial charge in [-0.2, -0.15) is 0 Å². The average Bonchev–Trinajstić information content (AvgIpc) is 3.06. The molecule has 1 aliphatic heterocycles. The number of aryl methyl sites for hydroxylation is 1. The zero-order chi connectivity index (χ0) is 16.2. The Kier molecular flexibility index (Phi) is 5.52. The maximum absolute atomic E-state index is 12.5. The molecule has 1 unspecified atom stereocenters. The molecule has 1 amide bonds. The number of methoxy groups -OCH3 is 1. The van der Waals surface area contributed by atoms with Crippen LogP contribution in [0.3, 0.4) is 0 Å². The van der Waals surface area contributed by atoms with Crippen molar-refractivity contribution in [3.63, 3.8) is 0 Å². The first kappa shape index (κ1) is 16.9. The number of aromatic nitrogens is 2. The van der Waals surface area contributed by atoms with Gasteiger partial charge < -0.3 is 19.4 Å². The molecule has 2 heterocycles. The lowest BCUT2D eigenvalue weighted by atomic mass is 10.1. The second-order valence-corrected chi connectivity index (χ2v) is 6.47. The predicted octanol–water partition coefficient (Wildman–Crippen LogP) is 0.926. The van der Waals surface area contributed by atoms with Gasteiger partial charge in [-0.1, -0.05) is 0 Å². The minimum atomic E-state index is -0.219. The number of carbonyl (C=O) groups is 1. The smallest absolute Gasteiger partial charge is 0.236 e. The number of rotatable bonds is 7. The standard InChI is InChI=1S/C15H26N4O3/c1-11-17-18-13(22-11)8-12-6-5-7-19(12)14(20)9-16-15(2,3)10-21-4/h12,16H,5-10H2,1-4H3. The fourth-order valence-electron chi connectivity index (χ4n) is 2.83. The third-order valence-corrected chi connectivity index (χ3v) is 3.90. The van der Waals surface area contributed by atoms with Gasteiger partial charge in [-0.15, -0.1) is 10.2 Å². The van der Waals surface area contributed by atoms with Gasteiger partial charge >= 0.3 is 0 Å². The Bertz CT molecular complexity index is 501. The first-order valence-electron chi connectivity index (χ1n) is 7.74. The van der Waals surface area contributed by atoms with E-state index in [1.807, 2.05) is 18.7 Å². The molecular formula is C15H26N4O3. The summed E-state index contributed by atoms with van der Waals surface area (Å²) in [6.45, 7) is 7.48. The van der Waals surface area contributed by atoms with E-state index in [4.69, 9.17) is 9.15 Å². The molecule has 124 valence electrons. The highest BCUT2D eigenvalue weighted by atomic mass is 16.5. The van der Waals surface area contributed by atoms with Gasteiger partial charge in [-0.3, -0.25) is 4.79 Å². The number of nitrogens with one attached hydrogen (secondary N) is 1. The van der Waals surface area contributed by atoms with Crippen molar-refractivity contribution in [2.24, 2.45) is 0 Å². The highest BCUT2D eigenvalue weighted by molar-refractivity contribution is 5.79. The third-order valence-electron chi connectivity index (χ3n) is 3.90. The number of hydrogen-bond acceptors (Lipinski definition) is 6. The molecule has 1 fully saturated rings. The van der Waals surface area contributed by atoms with Crippen LogP contribution in [0.1, 0.15) is 38.5 Å². The van der Waals surface area contributed by atoms with Crippen LogP contribution in [0.5, 0.6) is 0 Å². The van der Waals surface area contributed by atoms with Crippen LogP contribution in [-0.4, -0.2) is 59.4 Å². The Morgan fingerprint density at radius 2 is 2.27 bits per heavy atom. The lowest BCUT2D eigenvalue weighted by molar-refractivity contribution is -0.131. The van der Waals surface area contributed by atoms with E-state index >= 15 is 0 Å². The summed E-state index contributed by atoms with van der Waals surface area (Å²) < 4.78 is 10.6. The average molecular weight is 310 g/mol. The van der Waals surface area contributed by atoms with Crippen molar-refractivity contribution in [1.82, 2.24) is 20.4 Å². The zero-order valence-corrected chi connectivity index (χ0v) is 13.9. The van der Waals surface area contributed by atoms with Crippen LogP contribution >= 0.6 is 0 Å². The molecule has 1 aliphatic rings. The SMILES string of the molecule is COCC(C)(C)NCC(=O)N1CCCC1Cc1nnc(C)o1. The van der Waals surface area contributed by atoms with Gasteiger partial charge in [0.2, 0.25) is 17.7 Å². The molecule has 1 aromatic rings. The predicted molar refractivity (Wildman–Crippen MR) is 81.4 cm³/mol. The summed E-state index contributed by atoms with van der Waals surface area (Å²) >= 11 is 0. The highest BCUT2D eigenvalue weighted by Crippen LogP contribution is 2.21. The minimum Gasteiger partial charge on any atom is -0.426 e. The molecule has 1 aromatic heterocycles. The van der Waals surface area contributed by atoms with Crippen molar-refractivity contribution in [2.75, 3.05) is 26.8 Å². The number of ether oxygens (including phenoxy) is 1. The monoisotopic (exact) mass is 310 g/mol. The topological polar surface area (TPSA) is 80.5 Å². The molecule has 2 rings (SSSR count). The fourth-order valence-corrected chi connectivity index (χ4v) is 2.83. The van der Waals surface area contributed by atoms with Gasteiger partial charge in [0.1, 0.15) is 0 Å². The number of amides is 1. The van der Waals surface area contributed by atoms with E-state index in [0.717, 1.165) is 19.4 Å². The number of nitrogens with zero attached hydrogens (tertiary/aromatic N) is 3. The van der Waals surface area contributed by atoms with Gasteiger partial charge in [0.05, 0.1) is 13.2 Å². The van der Waals surface area contributed by atoms with E-state index in [9.17, 15) is 4.79 Å². The van der Waals surface area contributed by atoms with Gasteiger partial charge in [0.15, 0.2) is 0 Å².